The molecule has 116 valence electrons. The van der Waals surface area contributed by atoms with Crippen molar-refractivity contribution in [3.05, 3.63) is 35.6 Å². The van der Waals surface area contributed by atoms with Gasteiger partial charge in [0.25, 0.3) is 0 Å². The molecule has 1 aromatic carbocycles. The largest absolute Gasteiger partial charge is 0.357 e. The fourth-order valence-corrected chi connectivity index (χ4v) is 1.76. The van der Waals surface area contributed by atoms with Crippen molar-refractivity contribution >= 4 is 11.9 Å². The van der Waals surface area contributed by atoms with E-state index in [1.54, 1.807) is 12.1 Å². The topological polar surface area (TPSA) is 65.5 Å². The van der Waals surface area contributed by atoms with Crippen LogP contribution in [0.1, 0.15) is 19.4 Å². The number of benzene rings is 1. The minimum absolute atomic E-state index is 0.0723. The Bertz CT molecular complexity index is 476. The zero-order valence-electron chi connectivity index (χ0n) is 12.6. The molecule has 1 amide bonds. The van der Waals surface area contributed by atoms with Gasteiger partial charge in [-0.2, -0.15) is 0 Å². The number of nitrogens with zero attached hydrogens (tertiary/aromatic N) is 1. The second-order valence-electron chi connectivity index (χ2n) is 4.42. The number of hydrogen-bond acceptors (Lipinski definition) is 2. The molecule has 3 N–H and O–H groups in total. The number of rotatable bonds is 7. The monoisotopic (exact) mass is 294 g/mol. The highest BCUT2D eigenvalue weighted by molar-refractivity contribution is 5.84. The number of amides is 1. The third-order valence-electron chi connectivity index (χ3n) is 2.74. The van der Waals surface area contributed by atoms with Crippen molar-refractivity contribution in [3.63, 3.8) is 0 Å². The molecule has 0 heterocycles. The van der Waals surface area contributed by atoms with Crippen LogP contribution in [0.25, 0.3) is 0 Å². The molecule has 0 atom stereocenters. The molecule has 0 aliphatic carbocycles. The first-order chi connectivity index (χ1) is 10.2. The van der Waals surface area contributed by atoms with Crippen LogP contribution >= 0.6 is 0 Å². The molecule has 0 fully saturated rings. The van der Waals surface area contributed by atoms with Crippen LogP contribution in [-0.4, -0.2) is 38.0 Å². The fourth-order valence-electron chi connectivity index (χ4n) is 1.76. The van der Waals surface area contributed by atoms with E-state index in [9.17, 15) is 9.18 Å². The van der Waals surface area contributed by atoms with Gasteiger partial charge in [-0.15, -0.1) is 0 Å². The maximum absolute atomic E-state index is 13.5. The molecule has 0 unspecified atom stereocenters. The number of halogens is 1. The maximum Gasteiger partial charge on any atom is 0.241 e. The minimum Gasteiger partial charge on any atom is -0.357 e. The van der Waals surface area contributed by atoms with Crippen molar-refractivity contribution in [2.24, 2.45) is 4.99 Å². The molecule has 0 saturated heterocycles. The number of likely N-dealkylation sites (N-methyl/N-ethyl adjacent to an activating group) is 1. The predicted octanol–water partition coefficient (Wildman–Crippen LogP) is 1.06. The summed E-state index contributed by atoms with van der Waals surface area (Å²) in [7, 11) is 0. The molecule has 5 nitrogen and oxygen atoms in total. The number of nitrogens with one attached hydrogen (secondary N) is 3. The van der Waals surface area contributed by atoms with E-state index < -0.39 is 0 Å². The molecule has 1 aromatic rings. The van der Waals surface area contributed by atoms with Crippen LogP contribution in [0.2, 0.25) is 0 Å². The summed E-state index contributed by atoms with van der Waals surface area (Å²) >= 11 is 0. The average Bonchev–Trinajstić information content (AvgIpc) is 2.47. The van der Waals surface area contributed by atoms with Crippen LogP contribution in [0.5, 0.6) is 0 Å². The molecule has 0 bridgehead atoms. The first kappa shape index (κ1) is 16.9. The molecule has 0 aromatic heterocycles. The van der Waals surface area contributed by atoms with E-state index >= 15 is 0 Å². The van der Waals surface area contributed by atoms with Gasteiger partial charge in [0, 0.05) is 19.6 Å². The average molecular weight is 294 g/mol. The molecule has 0 spiro atoms. The van der Waals surface area contributed by atoms with Gasteiger partial charge in [-0.3, -0.25) is 4.79 Å². The number of carbonyl (C=O) groups is 1. The second-order valence-corrected chi connectivity index (χ2v) is 4.42. The quantitative estimate of drug-likeness (QED) is 0.520. The number of carbonyl (C=O) groups excluding carboxylic acids is 1. The third-order valence-corrected chi connectivity index (χ3v) is 2.74. The second kappa shape index (κ2) is 9.74. The summed E-state index contributed by atoms with van der Waals surface area (Å²) in [5, 5.41) is 8.81. The van der Waals surface area contributed by atoms with Crippen LogP contribution in [0.3, 0.4) is 0 Å². The van der Waals surface area contributed by atoms with Gasteiger partial charge < -0.3 is 16.0 Å². The zero-order valence-corrected chi connectivity index (χ0v) is 12.6. The third kappa shape index (κ3) is 6.74. The Morgan fingerprint density at radius 2 is 1.86 bits per heavy atom. The van der Waals surface area contributed by atoms with Gasteiger partial charge >= 0.3 is 0 Å². The Morgan fingerprint density at radius 1 is 1.14 bits per heavy atom. The van der Waals surface area contributed by atoms with E-state index in [0.29, 0.717) is 37.6 Å². The van der Waals surface area contributed by atoms with Gasteiger partial charge in [0.2, 0.25) is 5.91 Å². The van der Waals surface area contributed by atoms with Gasteiger partial charge in [-0.05, 0) is 31.9 Å². The molecular formula is C15H23FN4O. The normalized spacial score (nSPS) is 11.1. The smallest absolute Gasteiger partial charge is 0.241 e. The van der Waals surface area contributed by atoms with Crippen LogP contribution in [0.4, 0.5) is 4.39 Å². The van der Waals surface area contributed by atoms with E-state index in [1.165, 1.54) is 6.07 Å². The van der Waals surface area contributed by atoms with Crippen molar-refractivity contribution in [1.82, 2.24) is 16.0 Å². The lowest BCUT2D eigenvalue weighted by atomic mass is 10.1. The number of guanidine groups is 1. The summed E-state index contributed by atoms with van der Waals surface area (Å²) in [5.41, 5.74) is 0.657. The summed E-state index contributed by atoms with van der Waals surface area (Å²) in [5.74, 6) is 0.229. The summed E-state index contributed by atoms with van der Waals surface area (Å²) in [6, 6.07) is 6.69. The summed E-state index contributed by atoms with van der Waals surface area (Å²) in [6.07, 6.45) is 0.554. The molecule has 0 aliphatic rings. The van der Waals surface area contributed by atoms with Crippen molar-refractivity contribution in [2.75, 3.05) is 26.2 Å². The Kier molecular flexibility index (Phi) is 7.86. The van der Waals surface area contributed by atoms with Crippen LogP contribution in [0, 0.1) is 5.82 Å². The number of aliphatic imine (C=N–C) groups is 1. The van der Waals surface area contributed by atoms with Gasteiger partial charge in [0.1, 0.15) is 12.4 Å². The Hall–Kier alpha value is -2.11. The van der Waals surface area contributed by atoms with Crippen molar-refractivity contribution < 1.29 is 9.18 Å². The highest BCUT2D eigenvalue weighted by Crippen LogP contribution is 2.05. The van der Waals surface area contributed by atoms with Gasteiger partial charge in [0.15, 0.2) is 5.96 Å². The van der Waals surface area contributed by atoms with Gasteiger partial charge in [-0.25, -0.2) is 9.38 Å². The van der Waals surface area contributed by atoms with Crippen molar-refractivity contribution in [1.29, 1.82) is 0 Å². The fraction of sp³-hybridized carbons (Fsp3) is 0.467. The first-order valence-electron chi connectivity index (χ1n) is 7.19. The Labute approximate surface area is 125 Å². The Morgan fingerprint density at radius 3 is 2.52 bits per heavy atom. The SMILES string of the molecule is CCNC(=O)CN=C(NCC)NCCc1ccccc1F. The van der Waals surface area contributed by atoms with E-state index in [-0.39, 0.29) is 18.3 Å². The lowest BCUT2D eigenvalue weighted by molar-refractivity contribution is -0.119. The summed E-state index contributed by atoms with van der Waals surface area (Å²) in [6.45, 7) is 5.71. The molecule has 0 aliphatic heterocycles. The van der Waals surface area contributed by atoms with E-state index in [2.05, 4.69) is 20.9 Å². The van der Waals surface area contributed by atoms with E-state index in [0.717, 1.165) is 0 Å². The first-order valence-corrected chi connectivity index (χ1v) is 7.19. The molecule has 0 saturated carbocycles. The molecule has 0 radical (unpaired) electrons. The van der Waals surface area contributed by atoms with Crippen LogP contribution < -0.4 is 16.0 Å². The molecule has 1 rings (SSSR count). The lowest BCUT2D eigenvalue weighted by Gasteiger charge is -2.11. The van der Waals surface area contributed by atoms with Crippen molar-refractivity contribution in [2.45, 2.75) is 20.3 Å². The molecule has 21 heavy (non-hydrogen) atoms. The lowest BCUT2D eigenvalue weighted by Crippen LogP contribution is -2.39. The predicted molar refractivity (Wildman–Crippen MR) is 82.8 cm³/mol. The maximum atomic E-state index is 13.5. The highest BCUT2D eigenvalue weighted by Gasteiger charge is 2.03. The Balaban J connectivity index is 2.45. The standard InChI is InChI=1S/C15H23FN4O/c1-3-17-14(21)11-20-15(18-4-2)19-10-9-12-7-5-6-8-13(12)16/h5-8H,3-4,9-11H2,1-2H3,(H,17,21)(H2,18,19,20). The highest BCUT2D eigenvalue weighted by atomic mass is 19.1. The number of hydrogen-bond donors (Lipinski definition) is 3. The summed E-state index contributed by atoms with van der Waals surface area (Å²) in [4.78, 5) is 15.5. The minimum atomic E-state index is -0.205. The summed E-state index contributed by atoms with van der Waals surface area (Å²) < 4.78 is 13.5. The molecule has 6 heteroatoms. The van der Waals surface area contributed by atoms with Gasteiger partial charge in [-0.1, -0.05) is 18.2 Å². The zero-order chi connectivity index (χ0) is 15.5. The van der Waals surface area contributed by atoms with Crippen LogP contribution in [-0.2, 0) is 11.2 Å². The van der Waals surface area contributed by atoms with E-state index in [1.807, 2.05) is 19.9 Å². The molecular weight excluding hydrogens is 271 g/mol. The van der Waals surface area contributed by atoms with Crippen molar-refractivity contribution in [3.8, 4) is 0 Å². The van der Waals surface area contributed by atoms with E-state index in [4.69, 9.17) is 0 Å². The van der Waals surface area contributed by atoms with Crippen LogP contribution in [0.15, 0.2) is 29.3 Å². The van der Waals surface area contributed by atoms with Gasteiger partial charge in [0.05, 0.1) is 0 Å².